The third-order valence-corrected chi connectivity index (χ3v) is 3.88. The normalized spacial score (nSPS) is 26.6. The van der Waals surface area contributed by atoms with Gasteiger partial charge in [0.2, 0.25) is 0 Å². The monoisotopic (exact) mass is 249 g/mol. The van der Waals surface area contributed by atoms with Crippen molar-refractivity contribution in [2.24, 2.45) is 17.3 Å². The molecule has 4 nitrogen and oxygen atoms in total. The van der Waals surface area contributed by atoms with Gasteiger partial charge in [-0.3, -0.25) is 10.1 Å². The van der Waals surface area contributed by atoms with Gasteiger partial charge in [-0.2, -0.15) is 0 Å². The predicted molar refractivity (Wildman–Crippen MR) is 67.7 cm³/mol. The Balaban J connectivity index is 1.90. The van der Waals surface area contributed by atoms with Crippen molar-refractivity contribution in [3.05, 3.63) is 35.9 Å². The van der Waals surface area contributed by atoms with Gasteiger partial charge in [-0.1, -0.05) is 44.2 Å². The fraction of sp³-hybridized carbons (Fsp3) is 0.500. The molecule has 3 atom stereocenters. The van der Waals surface area contributed by atoms with Crippen molar-refractivity contribution in [2.75, 3.05) is 0 Å². The fourth-order valence-corrected chi connectivity index (χ4v) is 2.68. The molecule has 3 unspecified atom stereocenters. The molecule has 1 aromatic carbocycles. The Morgan fingerprint density at radius 2 is 2.00 bits per heavy atom. The van der Waals surface area contributed by atoms with E-state index in [1.165, 1.54) is 0 Å². The molecule has 1 aromatic rings. The smallest absolute Gasteiger partial charge is 0.307 e. The van der Waals surface area contributed by atoms with E-state index in [0.717, 1.165) is 5.56 Å². The first-order valence-electron chi connectivity index (χ1n) is 6.13. The van der Waals surface area contributed by atoms with Gasteiger partial charge in [0.25, 0.3) is 0 Å². The molecule has 3 N–H and O–H groups in total. The minimum atomic E-state index is -0.828. The Morgan fingerprint density at radius 1 is 1.39 bits per heavy atom. The maximum atomic E-state index is 11.0. The van der Waals surface area contributed by atoms with Crippen molar-refractivity contribution < 1.29 is 15.0 Å². The van der Waals surface area contributed by atoms with Crippen molar-refractivity contribution in [3.63, 3.8) is 0 Å². The Labute approximate surface area is 107 Å². The van der Waals surface area contributed by atoms with Gasteiger partial charge >= 0.3 is 5.97 Å². The number of carbonyl (C=O) groups is 1. The summed E-state index contributed by atoms with van der Waals surface area (Å²) in [6, 6.07) is 9.73. The molecule has 0 bridgehead atoms. The number of aliphatic hydroxyl groups excluding tert-OH is 1. The number of rotatable bonds is 5. The zero-order valence-corrected chi connectivity index (χ0v) is 10.6. The number of carboxylic acid groups (broad SMARTS) is 1. The van der Waals surface area contributed by atoms with E-state index in [0.29, 0.717) is 6.54 Å². The van der Waals surface area contributed by atoms with Crippen LogP contribution in [0.4, 0.5) is 0 Å². The number of nitrogens with one attached hydrogen (secondary N) is 1. The van der Waals surface area contributed by atoms with E-state index in [4.69, 9.17) is 5.11 Å². The van der Waals surface area contributed by atoms with E-state index in [1.54, 1.807) is 0 Å². The maximum Gasteiger partial charge on any atom is 0.307 e. The quantitative estimate of drug-likeness (QED) is 0.691. The Kier molecular flexibility index (Phi) is 3.41. The molecule has 98 valence electrons. The van der Waals surface area contributed by atoms with Crippen LogP contribution in [0.3, 0.4) is 0 Å². The number of benzene rings is 1. The molecule has 0 aliphatic heterocycles. The summed E-state index contributed by atoms with van der Waals surface area (Å²) in [7, 11) is 0. The molecule has 0 spiro atoms. The predicted octanol–water partition coefficient (Wildman–Crippen LogP) is 1.45. The molecule has 1 saturated carbocycles. The summed E-state index contributed by atoms with van der Waals surface area (Å²) in [5, 5.41) is 22.1. The van der Waals surface area contributed by atoms with Gasteiger partial charge in [0.1, 0.15) is 6.23 Å². The summed E-state index contributed by atoms with van der Waals surface area (Å²) in [4.78, 5) is 11.0. The molecule has 1 fully saturated rings. The highest BCUT2D eigenvalue weighted by atomic mass is 16.4. The van der Waals surface area contributed by atoms with Gasteiger partial charge in [-0.25, -0.2) is 0 Å². The van der Waals surface area contributed by atoms with Gasteiger partial charge in [0, 0.05) is 12.5 Å². The summed E-state index contributed by atoms with van der Waals surface area (Å²) in [6.07, 6.45) is -0.777. The molecule has 0 amide bonds. The van der Waals surface area contributed by atoms with Crippen LogP contribution in [0.2, 0.25) is 0 Å². The lowest BCUT2D eigenvalue weighted by molar-refractivity contribution is -0.139. The highest BCUT2D eigenvalue weighted by Gasteiger charge is 2.64. The van der Waals surface area contributed by atoms with E-state index in [2.05, 4.69) is 5.32 Å². The van der Waals surface area contributed by atoms with Crippen molar-refractivity contribution in [1.82, 2.24) is 5.32 Å². The SMILES string of the molecule is CC1(C)C(C(=O)O)C1C(O)NCc1ccccc1. The summed E-state index contributed by atoms with van der Waals surface area (Å²) >= 11 is 0. The Hall–Kier alpha value is -1.39. The molecule has 18 heavy (non-hydrogen) atoms. The second-order valence-corrected chi connectivity index (χ2v) is 5.47. The van der Waals surface area contributed by atoms with Crippen molar-refractivity contribution in [1.29, 1.82) is 0 Å². The Morgan fingerprint density at radius 3 is 2.50 bits per heavy atom. The summed E-state index contributed by atoms with van der Waals surface area (Å²) in [5.41, 5.74) is 0.733. The molecular formula is C14H19NO3. The van der Waals surface area contributed by atoms with Gasteiger partial charge in [0.05, 0.1) is 5.92 Å². The van der Waals surface area contributed by atoms with Crippen molar-refractivity contribution in [2.45, 2.75) is 26.6 Å². The molecule has 1 aliphatic rings. The first kappa shape index (κ1) is 13.1. The molecule has 0 aromatic heterocycles. The van der Waals surface area contributed by atoms with Gasteiger partial charge in [0.15, 0.2) is 0 Å². The van der Waals surface area contributed by atoms with Crippen LogP contribution in [0.25, 0.3) is 0 Å². The van der Waals surface area contributed by atoms with Crippen LogP contribution >= 0.6 is 0 Å². The first-order chi connectivity index (χ1) is 8.44. The van der Waals surface area contributed by atoms with E-state index in [1.807, 2.05) is 44.2 Å². The lowest BCUT2D eigenvalue weighted by atomic mass is 10.1. The highest BCUT2D eigenvalue weighted by Crippen LogP contribution is 2.59. The topological polar surface area (TPSA) is 69.6 Å². The molecule has 0 heterocycles. The minimum Gasteiger partial charge on any atom is -0.481 e. The molecule has 0 saturated heterocycles. The van der Waals surface area contributed by atoms with E-state index >= 15 is 0 Å². The second-order valence-electron chi connectivity index (χ2n) is 5.47. The first-order valence-corrected chi connectivity index (χ1v) is 6.13. The van der Waals surface area contributed by atoms with Crippen LogP contribution in [0.5, 0.6) is 0 Å². The average molecular weight is 249 g/mol. The number of hydrogen-bond donors (Lipinski definition) is 3. The van der Waals surface area contributed by atoms with E-state index in [-0.39, 0.29) is 11.3 Å². The van der Waals surface area contributed by atoms with Gasteiger partial charge in [-0.05, 0) is 11.0 Å². The van der Waals surface area contributed by atoms with Gasteiger partial charge in [-0.15, -0.1) is 0 Å². The number of aliphatic hydroxyl groups is 1. The van der Waals surface area contributed by atoms with Crippen LogP contribution in [0, 0.1) is 17.3 Å². The van der Waals surface area contributed by atoms with Gasteiger partial charge < -0.3 is 10.2 Å². The standard InChI is InChI=1S/C14H19NO3/c1-14(2)10(11(14)13(17)18)12(16)15-8-9-6-4-3-5-7-9/h3-7,10-12,15-16H,8H2,1-2H3,(H,17,18). The summed E-state index contributed by atoms with van der Waals surface area (Å²) in [5.74, 6) is -1.51. The van der Waals surface area contributed by atoms with Crippen LogP contribution < -0.4 is 5.32 Å². The molecule has 0 radical (unpaired) electrons. The zero-order valence-electron chi connectivity index (χ0n) is 10.6. The number of hydrogen-bond acceptors (Lipinski definition) is 3. The molecule has 2 rings (SSSR count). The van der Waals surface area contributed by atoms with Crippen molar-refractivity contribution >= 4 is 5.97 Å². The Bertz CT molecular complexity index is 430. The maximum absolute atomic E-state index is 11.0. The molecule has 4 heteroatoms. The second kappa shape index (κ2) is 4.71. The highest BCUT2D eigenvalue weighted by molar-refractivity contribution is 5.75. The number of carboxylic acids is 1. The van der Waals surface area contributed by atoms with Crippen LogP contribution in [0.1, 0.15) is 19.4 Å². The summed E-state index contributed by atoms with van der Waals surface area (Å²) in [6.45, 7) is 4.30. The van der Waals surface area contributed by atoms with Crippen LogP contribution in [-0.4, -0.2) is 22.4 Å². The fourth-order valence-electron chi connectivity index (χ4n) is 2.68. The van der Waals surface area contributed by atoms with E-state index < -0.39 is 18.1 Å². The zero-order chi connectivity index (χ0) is 13.3. The third kappa shape index (κ3) is 2.40. The van der Waals surface area contributed by atoms with Crippen LogP contribution in [-0.2, 0) is 11.3 Å². The lowest BCUT2D eigenvalue weighted by Crippen LogP contribution is -2.32. The average Bonchev–Trinajstić information content (AvgIpc) is 2.91. The van der Waals surface area contributed by atoms with E-state index in [9.17, 15) is 9.90 Å². The minimum absolute atomic E-state index is 0.223. The molecular weight excluding hydrogens is 230 g/mol. The largest absolute Gasteiger partial charge is 0.481 e. The van der Waals surface area contributed by atoms with Crippen LogP contribution in [0.15, 0.2) is 30.3 Å². The lowest BCUT2D eigenvalue weighted by Gasteiger charge is -2.14. The number of aliphatic carboxylic acids is 1. The molecule has 1 aliphatic carbocycles. The van der Waals surface area contributed by atoms with Crippen molar-refractivity contribution in [3.8, 4) is 0 Å². The third-order valence-electron chi connectivity index (χ3n) is 3.88. The summed E-state index contributed by atoms with van der Waals surface area (Å²) < 4.78 is 0.